The molecule has 2 aromatic rings. The molecular formula is C21H26NO4+. The molecule has 0 aliphatic carbocycles. The maximum absolute atomic E-state index is 12.5. The normalized spacial score (nSPS) is 28.5. The van der Waals surface area contributed by atoms with Gasteiger partial charge in [0.05, 0.1) is 26.2 Å². The van der Waals surface area contributed by atoms with E-state index in [1.54, 1.807) is 18.2 Å². The quantitative estimate of drug-likeness (QED) is 0.481. The second-order valence-electron chi connectivity index (χ2n) is 7.98. The molecule has 3 heterocycles. The fraction of sp³-hybridized carbons (Fsp3) is 0.524. The Kier molecular flexibility index (Phi) is 4.57. The van der Waals surface area contributed by atoms with Gasteiger partial charge in [-0.25, -0.2) is 9.59 Å². The number of para-hydroxylation sites is 1. The topological polar surface area (TPSA) is 56.5 Å². The number of nitrogens with zero attached hydrogens (tertiary/aromatic N) is 1. The van der Waals surface area contributed by atoms with Gasteiger partial charge in [0.2, 0.25) is 0 Å². The zero-order valence-corrected chi connectivity index (χ0v) is 15.3. The van der Waals surface area contributed by atoms with Crippen molar-refractivity contribution in [1.82, 2.24) is 0 Å². The molecule has 1 aromatic carbocycles. The lowest BCUT2D eigenvalue weighted by molar-refractivity contribution is -0.947. The number of quaternary nitrogens is 1. The number of hydrogen-bond acceptors (Lipinski definition) is 4. The molecule has 138 valence electrons. The Balaban J connectivity index is 1.48. The van der Waals surface area contributed by atoms with Crippen LogP contribution in [0.5, 0.6) is 0 Å². The largest absolute Gasteiger partial charge is 0.461 e. The van der Waals surface area contributed by atoms with E-state index in [4.69, 9.17) is 9.15 Å². The molecule has 3 atom stereocenters. The molecule has 0 radical (unpaired) electrons. The van der Waals surface area contributed by atoms with Gasteiger partial charge in [0.1, 0.15) is 17.8 Å². The summed E-state index contributed by atoms with van der Waals surface area (Å²) in [5.74, 6) is -0.189. The second kappa shape index (κ2) is 6.88. The summed E-state index contributed by atoms with van der Waals surface area (Å²) in [5.41, 5.74) is -0.160. The molecule has 5 heteroatoms. The molecular weight excluding hydrogens is 330 g/mol. The highest BCUT2D eigenvalue weighted by Gasteiger charge is 2.43. The summed E-state index contributed by atoms with van der Waals surface area (Å²) in [6.07, 6.45) is 6.02. The number of rotatable bonds is 3. The Labute approximate surface area is 153 Å². The van der Waals surface area contributed by atoms with Gasteiger partial charge in [0.25, 0.3) is 0 Å². The van der Waals surface area contributed by atoms with Crippen LogP contribution in [0.15, 0.2) is 39.5 Å². The molecule has 0 spiro atoms. The van der Waals surface area contributed by atoms with Gasteiger partial charge in [0.15, 0.2) is 0 Å². The van der Waals surface area contributed by atoms with Gasteiger partial charge >= 0.3 is 11.6 Å². The summed E-state index contributed by atoms with van der Waals surface area (Å²) < 4.78 is 11.9. The Morgan fingerprint density at radius 3 is 2.88 bits per heavy atom. The molecule has 0 bridgehead atoms. The second-order valence-corrected chi connectivity index (χ2v) is 7.98. The van der Waals surface area contributed by atoms with E-state index < -0.39 is 11.6 Å². The van der Waals surface area contributed by atoms with Crippen molar-refractivity contribution in [1.29, 1.82) is 0 Å². The zero-order chi connectivity index (χ0) is 18.1. The minimum atomic E-state index is -0.629. The number of fused-ring (bicyclic) bond motifs is 2. The number of carbonyl (C=O) groups is 1. The molecule has 2 aliphatic heterocycles. The zero-order valence-electron chi connectivity index (χ0n) is 15.3. The molecule has 2 aliphatic rings. The number of piperidine rings is 2. The van der Waals surface area contributed by atoms with Crippen LogP contribution in [0.25, 0.3) is 11.0 Å². The Hall–Kier alpha value is -2.14. The van der Waals surface area contributed by atoms with E-state index in [9.17, 15) is 9.59 Å². The third-order valence-electron chi connectivity index (χ3n) is 6.30. The highest BCUT2D eigenvalue weighted by atomic mass is 16.5. The van der Waals surface area contributed by atoms with Crippen LogP contribution < -0.4 is 5.63 Å². The molecule has 26 heavy (non-hydrogen) atoms. The van der Waals surface area contributed by atoms with Crippen molar-refractivity contribution in [2.75, 3.05) is 26.7 Å². The minimum Gasteiger partial charge on any atom is -0.461 e. The predicted molar refractivity (Wildman–Crippen MR) is 99.0 cm³/mol. The van der Waals surface area contributed by atoms with Crippen LogP contribution in [-0.2, 0) is 4.74 Å². The number of ether oxygens (including phenoxy) is 1. The van der Waals surface area contributed by atoms with E-state index >= 15 is 0 Å². The van der Waals surface area contributed by atoms with Crippen LogP contribution in [0, 0.1) is 5.92 Å². The van der Waals surface area contributed by atoms with Crippen molar-refractivity contribution in [3.8, 4) is 0 Å². The van der Waals surface area contributed by atoms with Gasteiger partial charge in [0, 0.05) is 17.7 Å². The first kappa shape index (κ1) is 17.3. The fourth-order valence-corrected chi connectivity index (χ4v) is 4.89. The molecule has 0 amide bonds. The first-order valence-corrected chi connectivity index (χ1v) is 9.61. The molecule has 4 rings (SSSR count). The monoisotopic (exact) mass is 356 g/mol. The van der Waals surface area contributed by atoms with Crippen LogP contribution in [-0.4, -0.2) is 43.2 Å². The number of esters is 1. The summed E-state index contributed by atoms with van der Waals surface area (Å²) in [5, 5.41) is 0.730. The van der Waals surface area contributed by atoms with Crippen LogP contribution >= 0.6 is 0 Å². The van der Waals surface area contributed by atoms with Crippen molar-refractivity contribution < 1.29 is 18.4 Å². The summed E-state index contributed by atoms with van der Waals surface area (Å²) in [6, 6.07) is 9.33. The first-order valence-electron chi connectivity index (χ1n) is 9.61. The lowest BCUT2D eigenvalue weighted by Crippen LogP contribution is -2.61. The minimum absolute atomic E-state index is 0.0135. The van der Waals surface area contributed by atoms with E-state index in [1.165, 1.54) is 38.8 Å². The van der Waals surface area contributed by atoms with E-state index in [0.29, 0.717) is 24.1 Å². The van der Waals surface area contributed by atoms with Crippen LogP contribution in [0.1, 0.15) is 42.5 Å². The maximum atomic E-state index is 12.5. The third-order valence-corrected chi connectivity index (χ3v) is 6.30. The summed E-state index contributed by atoms with van der Waals surface area (Å²) in [4.78, 5) is 24.6. The summed E-state index contributed by atoms with van der Waals surface area (Å²) in [7, 11) is 2.34. The van der Waals surface area contributed by atoms with Gasteiger partial charge in [-0.3, -0.25) is 0 Å². The van der Waals surface area contributed by atoms with Gasteiger partial charge in [-0.2, -0.15) is 0 Å². The van der Waals surface area contributed by atoms with Crippen molar-refractivity contribution in [2.45, 2.75) is 38.1 Å². The van der Waals surface area contributed by atoms with E-state index in [-0.39, 0.29) is 5.56 Å². The smallest absolute Gasteiger partial charge is 0.351 e. The van der Waals surface area contributed by atoms with Gasteiger partial charge in [-0.15, -0.1) is 0 Å². The van der Waals surface area contributed by atoms with E-state index in [2.05, 4.69) is 7.05 Å². The Morgan fingerprint density at radius 2 is 2.00 bits per heavy atom. The number of benzene rings is 1. The number of hydrogen-bond donors (Lipinski definition) is 0. The van der Waals surface area contributed by atoms with Crippen molar-refractivity contribution in [3.05, 3.63) is 46.3 Å². The fourth-order valence-electron chi connectivity index (χ4n) is 4.89. The number of carbonyl (C=O) groups excluding carboxylic acids is 1. The van der Waals surface area contributed by atoms with Crippen molar-refractivity contribution >= 4 is 16.9 Å². The van der Waals surface area contributed by atoms with E-state index in [1.807, 2.05) is 12.1 Å². The molecule has 2 saturated heterocycles. The molecule has 0 saturated carbocycles. The summed E-state index contributed by atoms with van der Waals surface area (Å²) >= 11 is 0. The van der Waals surface area contributed by atoms with Crippen molar-refractivity contribution in [3.63, 3.8) is 0 Å². The Bertz CT molecular complexity index is 870. The van der Waals surface area contributed by atoms with Crippen LogP contribution in [0.2, 0.25) is 0 Å². The molecule has 2 fully saturated rings. The van der Waals surface area contributed by atoms with Gasteiger partial charge in [-0.1, -0.05) is 18.2 Å². The molecule has 0 N–H and O–H groups in total. The maximum Gasteiger partial charge on any atom is 0.351 e. The average Bonchev–Trinajstić information content (AvgIpc) is 2.64. The summed E-state index contributed by atoms with van der Waals surface area (Å²) in [6.45, 7) is 2.84. The highest BCUT2D eigenvalue weighted by Crippen LogP contribution is 2.36. The SMILES string of the molecule is C[N+]12CCCCC1C(COC(=O)c1cc3ccccc3oc1=O)CCC2. The van der Waals surface area contributed by atoms with Crippen LogP contribution in [0.4, 0.5) is 0 Å². The van der Waals surface area contributed by atoms with Crippen LogP contribution in [0.3, 0.4) is 0 Å². The van der Waals surface area contributed by atoms with Crippen molar-refractivity contribution in [2.24, 2.45) is 5.92 Å². The standard InChI is InChI=1S/C21H26NO4/c1-22-11-5-4-9-18(22)16(8-6-12-22)14-25-20(23)17-13-15-7-2-3-10-19(15)26-21(17)24/h2-3,7,10,13,16,18H,4-6,8-9,11-12,14H2,1H3/q+1. The van der Waals surface area contributed by atoms with Gasteiger partial charge in [-0.05, 0) is 37.8 Å². The van der Waals surface area contributed by atoms with E-state index in [0.717, 1.165) is 16.3 Å². The highest BCUT2D eigenvalue weighted by molar-refractivity contribution is 5.92. The molecule has 1 aromatic heterocycles. The lowest BCUT2D eigenvalue weighted by atomic mass is 9.82. The molecule has 3 unspecified atom stereocenters. The average molecular weight is 356 g/mol. The Morgan fingerprint density at radius 1 is 1.19 bits per heavy atom. The first-order chi connectivity index (χ1) is 12.6. The third kappa shape index (κ3) is 3.16. The molecule has 5 nitrogen and oxygen atoms in total. The van der Waals surface area contributed by atoms with Gasteiger partial charge < -0.3 is 13.6 Å². The lowest BCUT2D eigenvalue weighted by Gasteiger charge is -2.51. The predicted octanol–water partition coefficient (Wildman–Crippen LogP) is 3.36.